The highest BCUT2D eigenvalue weighted by Crippen LogP contribution is 2.29. The Hall–Kier alpha value is -4.03. The molecule has 0 saturated carbocycles. The number of carbonyl (C=O) groups is 4. The molecule has 0 aliphatic carbocycles. The van der Waals surface area contributed by atoms with Crippen LogP contribution in [0.25, 0.3) is 10.9 Å². The minimum Gasteiger partial charge on any atom is -0.351 e. The molecule has 1 aromatic heterocycles. The van der Waals surface area contributed by atoms with Gasteiger partial charge < -0.3 is 25.8 Å². The Morgan fingerprint density at radius 1 is 1.10 bits per heavy atom. The zero-order chi connectivity index (χ0) is 30.1. The average Bonchev–Trinajstić information content (AvgIpc) is 3.54. The number of hydrogen-bond donors (Lipinski definition) is 2. The van der Waals surface area contributed by atoms with Crippen molar-refractivity contribution in [3.05, 3.63) is 64.6 Å². The van der Waals surface area contributed by atoms with Gasteiger partial charge in [-0.05, 0) is 37.2 Å². The third kappa shape index (κ3) is 5.95. The molecule has 2 aliphatic heterocycles. The minimum absolute atomic E-state index is 0.0801. The Balaban J connectivity index is 1.28. The predicted octanol–water partition coefficient (Wildman–Crippen LogP) is 3.89. The lowest BCUT2D eigenvalue weighted by atomic mass is 9.99. The molecule has 2 aliphatic rings. The zero-order valence-corrected chi connectivity index (χ0v) is 23.7. The van der Waals surface area contributed by atoms with Crippen LogP contribution in [0.2, 0.25) is 5.02 Å². The van der Waals surface area contributed by atoms with E-state index < -0.39 is 35.9 Å². The van der Waals surface area contributed by atoms with Crippen LogP contribution in [0.15, 0.2) is 42.6 Å². The summed E-state index contributed by atoms with van der Waals surface area (Å²) in [6, 6.07) is 6.95. The van der Waals surface area contributed by atoms with Crippen LogP contribution < -0.4 is 11.1 Å². The van der Waals surface area contributed by atoms with Crippen molar-refractivity contribution in [1.29, 1.82) is 0 Å². The summed E-state index contributed by atoms with van der Waals surface area (Å²) in [6.07, 6.45) is -0.522. The molecule has 2 atom stereocenters. The first-order chi connectivity index (χ1) is 20.0. The number of piperazine rings is 1. The number of nitrogens with one attached hydrogen (secondary N) is 1. The number of aryl methyl sites for hydroxylation is 1. The zero-order valence-electron chi connectivity index (χ0n) is 23.0. The first-order valence-corrected chi connectivity index (χ1v) is 14.0. The molecule has 0 spiro atoms. The number of fused-ring (bicyclic) bond motifs is 1. The highest BCUT2D eigenvalue weighted by Gasteiger charge is 2.39. The largest absolute Gasteiger partial charge is 0.351 e. The second-order valence-electron chi connectivity index (χ2n) is 10.7. The number of likely N-dealkylation sites (N-methyl/N-ethyl adjacent to an activating group) is 1. The fourth-order valence-corrected chi connectivity index (χ4v) is 5.77. The summed E-state index contributed by atoms with van der Waals surface area (Å²) in [7, 11) is 1.97. The second-order valence-corrected chi connectivity index (χ2v) is 11.1. The number of nitrogens with zero attached hydrogens (tertiary/aromatic N) is 4. The number of ketones is 1. The molecule has 0 unspecified atom stereocenters. The molecule has 0 bridgehead atoms. The Morgan fingerprint density at radius 2 is 1.81 bits per heavy atom. The molecule has 3 aromatic rings. The van der Waals surface area contributed by atoms with Crippen molar-refractivity contribution in [2.24, 2.45) is 5.73 Å². The Labute approximate surface area is 246 Å². The van der Waals surface area contributed by atoms with Gasteiger partial charge in [0.25, 0.3) is 5.91 Å². The van der Waals surface area contributed by atoms with Crippen molar-refractivity contribution in [3.8, 4) is 0 Å². The highest BCUT2D eigenvalue weighted by molar-refractivity contribution is 6.31. The monoisotopic (exact) mass is 600 g/mol. The SMILES string of the molecule is CN1CCN(C(=O)c2cc(Cl)c(F)c(CCC(=O)[C@@H]3C[C@@H](F)CN3C(=O)Nc3cn(C(N)=O)c4ccccc34)c2)CC1. The van der Waals surface area contributed by atoms with E-state index in [-0.39, 0.29) is 53.6 Å². The molecular weight excluding hydrogens is 570 g/mol. The highest BCUT2D eigenvalue weighted by atomic mass is 35.5. The number of carbonyl (C=O) groups excluding carboxylic acids is 4. The Bertz CT molecular complexity index is 1550. The van der Waals surface area contributed by atoms with Gasteiger partial charge in [0.1, 0.15) is 12.0 Å². The number of hydrogen-bond acceptors (Lipinski definition) is 5. The molecular formula is C29H31ClF2N6O4. The summed E-state index contributed by atoms with van der Waals surface area (Å²) in [5.74, 6) is -1.44. The Kier molecular flexibility index (Phi) is 8.46. The molecule has 13 heteroatoms. The summed E-state index contributed by atoms with van der Waals surface area (Å²) in [6.45, 7) is 2.20. The van der Waals surface area contributed by atoms with Crippen LogP contribution in [-0.4, -0.2) is 95.0 Å². The first-order valence-electron chi connectivity index (χ1n) is 13.6. The Morgan fingerprint density at radius 3 is 2.52 bits per heavy atom. The smallest absolute Gasteiger partial charge is 0.323 e. The number of halogens is 3. The molecule has 222 valence electrons. The van der Waals surface area contributed by atoms with Crippen LogP contribution in [0.1, 0.15) is 28.8 Å². The van der Waals surface area contributed by atoms with E-state index in [2.05, 4.69) is 10.2 Å². The van der Waals surface area contributed by atoms with Gasteiger partial charge in [-0.3, -0.25) is 14.2 Å². The number of benzene rings is 2. The van der Waals surface area contributed by atoms with Gasteiger partial charge in [0, 0.05) is 56.2 Å². The maximum atomic E-state index is 14.9. The molecule has 2 aromatic carbocycles. The number of primary amides is 1. The lowest BCUT2D eigenvalue weighted by Crippen LogP contribution is -2.47. The van der Waals surface area contributed by atoms with Crippen molar-refractivity contribution in [3.63, 3.8) is 0 Å². The molecule has 5 rings (SSSR count). The molecule has 2 saturated heterocycles. The normalized spacial score (nSPS) is 19.3. The number of nitrogens with two attached hydrogens (primary N) is 1. The number of rotatable bonds is 6. The standard InChI is InChI=1S/C29H31ClF2N6O4/c1-35-8-10-36(11-9-35)27(40)18-12-17(26(32)21(30)13-18)6-7-25(39)24-14-19(31)15-38(24)29(42)34-22-16-37(28(33)41)23-5-3-2-4-20(22)23/h2-5,12-13,16,19,24H,6-11,14-15H2,1H3,(H2,33,41)(H,34,42)/t19-,24+/m1/s1. The van der Waals surface area contributed by atoms with Crippen molar-refractivity contribution < 1.29 is 28.0 Å². The average molecular weight is 601 g/mol. The van der Waals surface area contributed by atoms with Crippen LogP contribution in [0, 0.1) is 5.82 Å². The van der Waals surface area contributed by atoms with Crippen LogP contribution in [0.3, 0.4) is 0 Å². The fraction of sp³-hybridized carbons (Fsp3) is 0.379. The number of Topliss-reactive ketones (excluding diaryl/α,β-unsaturated/α-hetero) is 1. The van der Waals surface area contributed by atoms with Crippen LogP contribution in [0.4, 0.5) is 24.1 Å². The quantitative estimate of drug-likeness (QED) is 0.445. The number of likely N-dealkylation sites (tertiary alicyclic amines) is 1. The van der Waals surface area contributed by atoms with E-state index in [0.717, 1.165) is 18.0 Å². The first kappa shape index (κ1) is 29.5. The van der Waals surface area contributed by atoms with Gasteiger partial charge in [-0.2, -0.15) is 0 Å². The molecule has 4 amide bonds. The van der Waals surface area contributed by atoms with Gasteiger partial charge in [0.15, 0.2) is 5.78 Å². The van der Waals surface area contributed by atoms with Crippen LogP contribution in [-0.2, 0) is 11.2 Å². The van der Waals surface area contributed by atoms with E-state index in [0.29, 0.717) is 24.0 Å². The van der Waals surface area contributed by atoms with E-state index in [1.807, 2.05) is 7.05 Å². The molecule has 3 N–H and O–H groups in total. The van der Waals surface area contributed by atoms with E-state index in [4.69, 9.17) is 17.3 Å². The summed E-state index contributed by atoms with van der Waals surface area (Å²) in [5.41, 5.74) is 6.53. The second kappa shape index (κ2) is 12.1. The maximum absolute atomic E-state index is 14.9. The third-order valence-electron chi connectivity index (χ3n) is 7.86. The van der Waals surface area contributed by atoms with E-state index >= 15 is 0 Å². The van der Waals surface area contributed by atoms with Gasteiger partial charge in [-0.25, -0.2) is 18.4 Å². The summed E-state index contributed by atoms with van der Waals surface area (Å²) in [4.78, 5) is 56.2. The van der Waals surface area contributed by atoms with Crippen molar-refractivity contribution in [1.82, 2.24) is 19.3 Å². The number of amides is 4. The third-order valence-corrected chi connectivity index (χ3v) is 8.13. The molecule has 3 heterocycles. The summed E-state index contributed by atoms with van der Waals surface area (Å²) < 4.78 is 30.6. The number of urea groups is 1. The van der Waals surface area contributed by atoms with Crippen molar-refractivity contribution in [2.75, 3.05) is 45.1 Å². The van der Waals surface area contributed by atoms with Crippen molar-refractivity contribution in [2.45, 2.75) is 31.5 Å². The number of aromatic nitrogens is 1. The molecule has 10 nitrogen and oxygen atoms in total. The van der Waals surface area contributed by atoms with Gasteiger partial charge >= 0.3 is 12.1 Å². The lowest BCUT2D eigenvalue weighted by molar-refractivity contribution is -0.122. The van der Waals surface area contributed by atoms with E-state index in [9.17, 15) is 28.0 Å². The van der Waals surface area contributed by atoms with Gasteiger partial charge in [-0.1, -0.05) is 29.8 Å². The summed E-state index contributed by atoms with van der Waals surface area (Å²) in [5, 5.41) is 2.99. The van der Waals surface area contributed by atoms with Crippen molar-refractivity contribution >= 4 is 51.9 Å². The number of para-hydroxylation sites is 1. The van der Waals surface area contributed by atoms with Gasteiger partial charge in [-0.15, -0.1) is 0 Å². The van der Waals surface area contributed by atoms with E-state index in [1.165, 1.54) is 22.9 Å². The minimum atomic E-state index is -1.42. The summed E-state index contributed by atoms with van der Waals surface area (Å²) >= 11 is 6.11. The molecule has 2 fully saturated rings. The fourth-order valence-electron chi connectivity index (χ4n) is 5.53. The molecule has 42 heavy (non-hydrogen) atoms. The molecule has 0 radical (unpaired) electrons. The predicted molar refractivity (Wildman–Crippen MR) is 154 cm³/mol. The topological polar surface area (TPSA) is 121 Å². The van der Waals surface area contributed by atoms with Crippen LogP contribution in [0.5, 0.6) is 0 Å². The number of alkyl halides is 1. The number of anilines is 1. The lowest BCUT2D eigenvalue weighted by Gasteiger charge is -2.32. The van der Waals surface area contributed by atoms with Gasteiger partial charge in [0.2, 0.25) is 0 Å². The van der Waals surface area contributed by atoms with Crippen LogP contribution >= 0.6 is 11.6 Å². The van der Waals surface area contributed by atoms with E-state index in [1.54, 1.807) is 29.2 Å². The maximum Gasteiger partial charge on any atom is 0.323 e. The van der Waals surface area contributed by atoms with Gasteiger partial charge in [0.05, 0.1) is 28.8 Å².